The lowest BCUT2D eigenvalue weighted by atomic mass is 10.3. The molecule has 1 heterocycles. The van der Waals surface area contributed by atoms with E-state index in [1.54, 1.807) is 4.68 Å². The van der Waals surface area contributed by atoms with Gasteiger partial charge >= 0.3 is 0 Å². The molecule has 1 aromatic heterocycles. The van der Waals surface area contributed by atoms with E-state index in [4.69, 9.17) is 5.73 Å². The van der Waals surface area contributed by atoms with Gasteiger partial charge in [-0.2, -0.15) is 0 Å². The van der Waals surface area contributed by atoms with Gasteiger partial charge in [-0.25, -0.2) is 13.5 Å². The highest BCUT2D eigenvalue weighted by Gasteiger charge is 2.23. The van der Waals surface area contributed by atoms with E-state index in [0.717, 1.165) is 43.5 Å². The van der Waals surface area contributed by atoms with E-state index in [1.165, 1.54) is 6.07 Å². The van der Waals surface area contributed by atoms with E-state index < -0.39 is 11.6 Å². The summed E-state index contributed by atoms with van der Waals surface area (Å²) >= 11 is 0.962. The number of benzene rings is 1. The van der Waals surface area contributed by atoms with Gasteiger partial charge in [-0.1, -0.05) is 12.8 Å². The summed E-state index contributed by atoms with van der Waals surface area (Å²) in [5.74, 6) is -1.89. The second kappa shape index (κ2) is 5.35. The van der Waals surface area contributed by atoms with Crippen LogP contribution in [0.3, 0.4) is 0 Å². The second-order valence-corrected chi connectivity index (χ2v) is 5.70. The van der Waals surface area contributed by atoms with E-state index in [-0.39, 0.29) is 16.6 Å². The van der Waals surface area contributed by atoms with Crippen molar-refractivity contribution in [3.8, 4) is 0 Å². The molecule has 1 aromatic carbocycles. The minimum atomic E-state index is -0.962. The van der Waals surface area contributed by atoms with Crippen LogP contribution < -0.4 is 5.73 Å². The van der Waals surface area contributed by atoms with Gasteiger partial charge in [-0.05, 0) is 47.2 Å². The molecular weight excluding hydrogens is 284 g/mol. The topological polar surface area (TPSA) is 69.6 Å². The first-order valence-corrected chi connectivity index (χ1v) is 7.17. The Hall–Kier alpha value is -1.70. The lowest BCUT2D eigenvalue weighted by Crippen LogP contribution is -2.08. The zero-order valence-electron chi connectivity index (χ0n) is 10.6. The van der Waals surface area contributed by atoms with E-state index >= 15 is 0 Å². The van der Waals surface area contributed by atoms with Gasteiger partial charge < -0.3 is 5.73 Å². The van der Waals surface area contributed by atoms with Gasteiger partial charge in [0, 0.05) is 5.69 Å². The molecule has 1 saturated carbocycles. The van der Waals surface area contributed by atoms with Gasteiger partial charge in [0.25, 0.3) is 0 Å². The summed E-state index contributed by atoms with van der Waals surface area (Å²) in [6.45, 7) is 0. The monoisotopic (exact) mass is 297 g/mol. The summed E-state index contributed by atoms with van der Waals surface area (Å²) in [5, 5.41) is 11.9. The Morgan fingerprint density at radius 1 is 1.25 bits per heavy atom. The third-order valence-corrected chi connectivity index (χ3v) is 4.48. The fourth-order valence-corrected chi connectivity index (χ4v) is 3.28. The number of rotatable bonds is 3. The number of tetrazole rings is 1. The van der Waals surface area contributed by atoms with Crippen molar-refractivity contribution in [3.63, 3.8) is 0 Å². The van der Waals surface area contributed by atoms with Crippen LogP contribution in [0.1, 0.15) is 31.7 Å². The maximum atomic E-state index is 13.8. The predicted octanol–water partition coefficient (Wildman–Crippen LogP) is 2.80. The number of nitrogen functional groups attached to an aromatic ring is 1. The molecular formula is C12H13F2N5S. The zero-order chi connectivity index (χ0) is 14.1. The molecule has 106 valence electrons. The molecule has 1 aliphatic rings. The molecule has 0 amide bonds. The third-order valence-electron chi connectivity index (χ3n) is 3.41. The average Bonchev–Trinajstić information content (AvgIpc) is 3.09. The van der Waals surface area contributed by atoms with Gasteiger partial charge in [0.2, 0.25) is 5.16 Å². The summed E-state index contributed by atoms with van der Waals surface area (Å²) in [4.78, 5) is 0.0269. The van der Waals surface area contributed by atoms with Gasteiger partial charge in [-0.15, -0.1) is 5.10 Å². The summed E-state index contributed by atoms with van der Waals surface area (Å²) in [7, 11) is 0. The Kier molecular flexibility index (Phi) is 3.56. The Balaban J connectivity index is 1.92. The summed E-state index contributed by atoms with van der Waals surface area (Å²) in [6, 6.07) is 2.57. The van der Waals surface area contributed by atoms with Crippen molar-refractivity contribution in [1.29, 1.82) is 0 Å². The molecule has 3 rings (SSSR count). The molecule has 2 aromatic rings. The lowest BCUT2D eigenvalue weighted by Gasteiger charge is -2.12. The molecule has 0 radical (unpaired) electrons. The highest BCUT2D eigenvalue weighted by Crippen LogP contribution is 2.37. The first kappa shape index (κ1) is 13.3. The van der Waals surface area contributed by atoms with Crippen LogP contribution in [0.25, 0.3) is 0 Å². The number of nitrogens with zero attached hydrogens (tertiary/aromatic N) is 4. The van der Waals surface area contributed by atoms with Crippen LogP contribution in [-0.2, 0) is 0 Å². The maximum absolute atomic E-state index is 13.8. The third kappa shape index (κ3) is 2.35. The SMILES string of the molecule is Nc1ccc(F)c(F)c1Sc1nnnn1C1CCCC1. The maximum Gasteiger partial charge on any atom is 0.214 e. The molecule has 0 spiro atoms. The average molecular weight is 297 g/mol. The first-order chi connectivity index (χ1) is 9.66. The van der Waals surface area contributed by atoms with Crippen molar-refractivity contribution in [2.45, 2.75) is 41.8 Å². The van der Waals surface area contributed by atoms with E-state index in [9.17, 15) is 8.78 Å². The molecule has 8 heteroatoms. The van der Waals surface area contributed by atoms with Crippen molar-refractivity contribution in [3.05, 3.63) is 23.8 Å². The number of hydrogen-bond acceptors (Lipinski definition) is 5. The Morgan fingerprint density at radius 3 is 2.75 bits per heavy atom. The molecule has 1 aliphatic carbocycles. The van der Waals surface area contributed by atoms with Crippen LogP contribution in [0.15, 0.2) is 22.2 Å². The molecule has 0 unspecified atom stereocenters. The van der Waals surface area contributed by atoms with Crippen LogP contribution in [0.4, 0.5) is 14.5 Å². The number of aromatic nitrogens is 4. The molecule has 5 nitrogen and oxygen atoms in total. The molecule has 0 saturated heterocycles. The van der Waals surface area contributed by atoms with Crippen molar-refractivity contribution in [2.75, 3.05) is 5.73 Å². The number of nitrogens with two attached hydrogens (primary N) is 1. The van der Waals surface area contributed by atoms with Crippen molar-refractivity contribution < 1.29 is 8.78 Å². The molecule has 20 heavy (non-hydrogen) atoms. The number of anilines is 1. The Bertz CT molecular complexity index is 624. The minimum absolute atomic E-state index is 0.0269. The predicted molar refractivity (Wildman–Crippen MR) is 70.2 cm³/mol. The molecule has 1 fully saturated rings. The van der Waals surface area contributed by atoms with Crippen LogP contribution in [0.5, 0.6) is 0 Å². The van der Waals surface area contributed by atoms with E-state index in [2.05, 4.69) is 15.5 Å². The number of halogens is 2. The quantitative estimate of drug-likeness (QED) is 0.882. The summed E-state index contributed by atoms with van der Waals surface area (Å²) < 4.78 is 28.8. The Morgan fingerprint density at radius 2 is 2.00 bits per heavy atom. The standard InChI is InChI=1S/C12H13F2N5S/c13-8-5-6-9(15)11(10(8)14)20-12-16-17-18-19(12)7-3-1-2-4-7/h5-7H,1-4,15H2. The summed E-state index contributed by atoms with van der Waals surface area (Å²) in [6.07, 6.45) is 4.26. The molecule has 0 atom stereocenters. The van der Waals surface area contributed by atoms with Crippen LogP contribution in [0.2, 0.25) is 0 Å². The normalized spacial score (nSPS) is 15.9. The molecule has 0 bridgehead atoms. The van der Waals surface area contributed by atoms with E-state index in [0.29, 0.717) is 5.16 Å². The fourth-order valence-electron chi connectivity index (χ4n) is 2.37. The second-order valence-electron chi connectivity index (χ2n) is 4.73. The van der Waals surface area contributed by atoms with Gasteiger partial charge in [0.1, 0.15) is 0 Å². The largest absolute Gasteiger partial charge is 0.398 e. The number of hydrogen-bond donors (Lipinski definition) is 1. The first-order valence-electron chi connectivity index (χ1n) is 6.36. The van der Waals surface area contributed by atoms with Crippen molar-refractivity contribution >= 4 is 17.4 Å². The smallest absolute Gasteiger partial charge is 0.214 e. The highest BCUT2D eigenvalue weighted by molar-refractivity contribution is 7.99. The zero-order valence-corrected chi connectivity index (χ0v) is 11.4. The van der Waals surface area contributed by atoms with Crippen molar-refractivity contribution in [1.82, 2.24) is 20.2 Å². The van der Waals surface area contributed by atoms with Crippen LogP contribution in [-0.4, -0.2) is 20.2 Å². The molecule has 2 N–H and O–H groups in total. The van der Waals surface area contributed by atoms with Gasteiger partial charge in [0.15, 0.2) is 11.6 Å². The lowest BCUT2D eigenvalue weighted by molar-refractivity contribution is 0.422. The fraction of sp³-hybridized carbons (Fsp3) is 0.417. The van der Waals surface area contributed by atoms with E-state index in [1.807, 2.05) is 0 Å². The minimum Gasteiger partial charge on any atom is -0.398 e. The summed E-state index contributed by atoms with van der Waals surface area (Å²) in [5.41, 5.74) is 5.88. The van der Waals surface area contributed by atoms with Gasteiger partial charge in [0.05, 0.1) is 10.9 Å². The highest BCUT2D eigenvalue weighted by atomic mass is 32.2. The van der Waals surface area contributed by atoms with Gasteiger partial charge in [-0.3, -0.25) is 0 Å². The van der Waals surface area contributed by atoms with Crippen LogP contribution >= 0.6 is 11.8 Å². The molecule has 0 aliphatic heterocycles. The Labute approximate surface area is 118 Å². The van der Waals surface area contributed by atoms with Crippen LogP contribution in [0, 0.1) is 11.6 Å². The van der Waals surface area contributed by atoms with Crippen molar-refractivity contribution in [2.24, 2.45) is 0 Å².